The number of hydrogen-bond donors (Lipinski definition) is 1. The van der Waals surface area contributed by atoms with Crippen molar-refractivity contribution in [2.75, 3.05) is 11.9 Å². The lowest BCUT2D eigenvalue weighted by Crippen LogP contribution is -2.12. The summed E-state index contributed by atoms with van der Waals surface area (Å²) in [5.41, 5.74) is 4.28. The van der Waals surface area contributed by atoms with Crippen LogP contribution in [0.1, 0.15) is 68.5 Å². The standard InChI is InChI=1S/C24H27N3O4/c1-7-30-24(29)21-20(15(4)28)16(5)31-23(21)27-22-19(14(3)25-17(6)26-22)12-18-10-8-13(2)9-11-18/h8-11H,7,12H2,1-6H3,(H,25,26,27). The number of ketones is 1. The molecule has 0 atom stereocenters. The molecule has 0 radical (unpaired) electrons. The minimum Gasteiger partial charge on any atom is -0.462 e. The van der Waals surface area contributed by atoms with Crippen LogP contribution in [0.5, 0.6) is 0 Å². The number of nitrogens with zero attached hydrogens (tertiary/aromatic N) is 2. The normalized spacial score (nSPS) is 10.8. The molecular weight excluding hydrogens is 394 g/mol. The topological polar surface area (TPSA) is 94.3 Å². The number of rotatable bonds is 7. The van der Waals surface area contributed by atoms with E-state index in [1.165, 1.54) is 12.5 Å². The van der Waals surface area contributed by atoms with E-state index in [1.807, 2.05) is 13.8 Å². The third kappa shape index (κ3) is 4.82. The van der Waals surface area contributed by atoms with E-state index >= 15 is 0 Å². The Morgan fingerprint density at radius 2 is 1.71 bits per heavy atom. The number of hydrogen-bond acceptors (Lipinski definition) is 7. The van der Waals surface area contributed by atoms with Crippen molar-refractivity contribution in [3.05, 3.63) is 69.4 Å². The molecule has 0 bridgehead atoms. The molecule has 7 nitrogen and oxygen atoms in total. The molecule has 0 fully saturated rings. The molecule has 1 N–H and O–H groups in total. The largest absolute Gasteiger partial charge is 0.462 e. The Morgan fingerprint density at radius 3 is 2.32 bits per heavy atom. The van der Waals surface area contributed by atoms with E-state index in [4.69, 9.17) is 9.15 Å². The van der Waals surface area contributed by atoms with Crippen LogP contribution in [0.3, 0.4) is 0 Å². The average Bonchev–Trinajstić information content (AvgIpc) is 3.02. The second kappa shape index (κ2) is 9.12. The van der Waals surface area contributed by atoms with Gasteiger partial charge in [0.1, 0.15) is 23.0 Å². The minimum atomic E-state index is -0.616. The number of carbonyl (C=O) groups is 2. The van der Waals surface area contributed by atoms with Crippen LogP contribution in [0.25, 0.3) is 0 Å². The summed E-state index contributed by atoms with van der Waals surface area (Å²) in [5, 5.41) is 3.14. The number of nitrogens with one attached hydrogen (secondary N) is 1. The maximum Gasteiger partial charge on any atom is 0.344 e. The van der Waals surface area contributed by atoms with Crippen molar-refractivity contribution < 1.29 is 18.7 Å². The number of Topliss-reactive ketones (excluding diaryl/α,β-unsaturated/α-hetero) is 1. The van der Waals surface area contributed by atoms with Crippen LogP contribution in [-0.2, 0) is 11.2 Å². The van der Waals surface area contributed by atoms with Gasteiger partial charge in [0, 0.05) is 17.7 Å². The van der Waals surface area contributed by atoms with E-state index in [0.29, 0.717) is 23.8 Å². The number of anilines is 2. The zero-order valence-corrected chi connectivity index (χ0v) is 18.8. The number of carbonyl (C=O) groups excluding carboxylic acids is 2. The van der Waals surface area contributed by atoms with Gasteiger partial charge in [-0.3, -0.25) is 4.79 Å². The summed E-state index contributed by atoms with van der Waals surface area (Å²) in [7, 11) is 0. The summed E-state index contributed by atoms with van der Waals surface area (Å²) in [4.78, 5) is 33.9. The lowest BCUT2D eigenvalue weighted by atomic mass is 10.0. The summed E-state index contributed by atoms with van der Waals surface area (Å²) in [6.45, 7) is 10.7. The number of ether oxygens (including phenoxy) is 1. The predicted octanol–water partition coefficient (Wildman–Crippen LogP) is 5.02. The molecule has 3 aromatic rings. The highest BCUT2D eigenvalue weighted by molar-refractivity contribution is 6.09. The first kappa shape index (κ1) is 22.2. The van der Waals surface area contributed by atoms with Crippen LogP contribution < -0.4 is 5.32 Å². The summed E-state index contributed by atoms with van der Waals surface area (Å²) in [5.74, 6) is 0.715. The second-order valence-electron chi connectivity index (χ2n) is 7.48. The number of esters is 1. The molecule has 0 spiro atoms. The maximum absolute atomic E-state index is 12.6. The number of aryl methyl sites for hydroxylation is 4. The zero-order valence-electron chi connectivity index (χ0n) is 18.8. The summed E-state index contributed by atoms with van der Waals surface area (Å²) in [6.07, 6.45) is 0.600. The van der Waals surface area contributed by atoms with E-state index in [0.717, 1.165) is 16.8 Å². The zero-order chi connectivity index (χ0) is 22.7. The molecule has 0 unspecified atom stereocenters. The Morgan fingerprint density at radius 1 is 1.03 bits per heavy atom. The van der Waals surface area contributed by atoms with E-state index in [1.54, 1.807) is 20.8 Å². The molecule has 0 aliphatic carbocycles. The van der Waals surface area contributed by atoms with Crippen molar-refractivity contribution in [1.82, 2.24) is 9.97 Å². The van der Waals surface area contributed by atoms with E-state index in [2.05, 4.69) is 39.6 Å². The first-order valence-electron chi connectivity index (χ1n) is 10.2. The minimum absolute atomic E-state index is 0.0852. The van der Waals surface area contributed by atoms with Crippen molar-refractivity contribution in [2.45, 2.75) is 48.0 Å². The average molecular weight is 421 g/mol. The van der Waals surface area contributed by atoms with Crippen LogP contribution in [0.15, 0.2) is 28.7 Å². The molecule has 2 aromatic heterocycles. The summed E-state index contributed by atoms with van der Waals surface area (Å²) in [6, 6.07) is 8.24. The van der Waals surface area contributed by atoms with Gasteiger partial charge in [0.15, 0.2) is 5.78 Å². The third-order valence-corrected chi connectivity index (χ3v) is 4.98. The molecule has 0 saturated heterocycles. The van der Waals surface area contributed by atoms with Gasteiger partial charge in [0.2, 0.25) is 5.88 Å². The molecule has 0 aliphatic heterocycles. The molecule has 0 amide bonds. The molecule has 0 saturated carbocycles. The third-order valence-electron chi connectivity index (χ3n) is 4.98. The summed E-state index contributed by atoms with van der Waals surface area (Å²) < 4.78 is 11.0. The van der Waals surface area contributed by atoms with Crippen molar-refractivity contribution in [3.8, 4) is 0 Å². The first-order valence-corrected chi connectivity index (χ1v) is 10.2. The Labute approximate surface area is 181 Å². The van der Waals surface area contributed by atoms with Crippen molar-refractivity contribution >= 4 is 23.5 Å². The van der Waals surface area contributed by atoms with Crippen LogP contribution in [0, 0.1) is 27.7 Å². The molecule has 31 heavy (non-hydrogen) atoms. The summed E-state index contributed by atoms with van der Waals surface area (Å²) >= 11 is 0. The fourth-order valence-corrected chi connectivity index (χ4v) is 3.52. The van der Waals surface area contributed by atoms with Gasteiger partial charge in [-0.1, -0.05) is 29.8 Å². The highest BCUT2D eigenvalue weighted by Gasteiger charge is 2.28. The van der Waals surface area contributed by atoms with Gasteiger partial charge in [-0.05, 0) is 47.1 Å². The van der Waals surface area contributed by atoms with Gasteiger partial charge in [-0.2, -0.15) is 0 Å². The Kier molecular flexibility index (Phi) is 6.53. The van der Waals surface area contributed by atoms with E-state index < -0.39 is 5.97 Å². The lowest BCUT2D eigenvalue weighted by Gasteiger charge is -2.14. The molecule has 162 valence electrons. The highest BCUT2D eigenvalue weighted by atomic mass is 16.5. The molecule has 1 aromatic carbocycles. The Bertz CT molecular complexity index is 1130. The van der Waals surface area contributed by atoms with Gasteiger partial charge >= 0.3 is 5.97 Å². The van der Waals surface area contributed by atoms with Gasteiger partial charge in [-0.15, -0.1) is 0 Å². The number of furan rings is 1. The molecule has 0 aliphatic rings. The SMILES string of the molecule is CCOC(=O)c1c(Nc2nc(C)nc(C)c2Cc2ccc(C)cc2)oc(C)c1C(C)=O. The van der Waals surface area contributed by atoms with Gasteiger partial charge in [-0.25, -0.2) is 14.8 Å². The van der Waals surface area contributed by atoms with E-state index in [-0.39, 0.29) is 29.4 Å². The van der Waals surface area contributed by atoms with E-state index in [9.17, 15) is 9.59 Å². The fourth-order valence-electron chi connectivity index (χ4n) is 3.52. The monoisotopic (exact) mass is 421 g/mol. The quantitative estimate of drug-likeness (QED) is 0.423. The first-order chi connectivity index (χ1) is 14.7. The van der Waals surface area contributed by atoms with Crippen LogP contribution in [0.4, 0.5) is 11.7 Å². The molecular formula is C24H27N3O4. The molecule has 3 rings (SSSR count). The maximum atomic E-state index is 12.6. The lowest BCUT2D eigenvalue weighted by molar-refractivity contribution is 0.0524. The number of aromatic nitrogens is 2. The van der Waals surface area contributed by atoms with Crippen LogP contribution >= 0.6 is 0 Å². The van der Waals surface area contributed by atoms with Crippen molar-refractivity contribution in [3.63, 3.8) is 0 Å². The van der Waals surface area contributed by atoms with Crippen molar-refractivity contribution in [1.29, 1.82) is 0 Å². The van der Waals surface area contributed by atoms with Gasteiger partial charge in [0.25, 0.3) is 0 Å². The van der Waals surface area contributed by atoms with Crippen LogP contribution in [-0.4, -0.2) is 28.3 Å². The van der Waals surface area contributed by atoms with Crippen molar-refractivity contribution in [2.24, 2.45) is 0 Å². The second-order valence-corrected chi connectivity index (χ2v) is 7.48. The highest BCUT2D eigenvalue weighted by Crippen LogP contribution is 2.32. The van der Waals surface area contributed by atoms with Crippen LogP contribution in [0.2, 0.25) is 0 Å². The smallest absolute Gasteiger partial charge is 0.344 e. The van der Waals surface area contributed by atoms with Gasteiger partial charge in [0.05, 0.1) is 12.2 Å². The Hall–Kier alpha value is -3.48. The number of benzene rings is 1. The van der Waals surface area contributed by atoms with Gasteiger partial charge < -0.3 is 14.5 Å². The molecule has 2 heterocycles. The Balaban J connectivity index is 2.08. The predicted molar refractivity (Wildman–Crippen MR) is 118 cm³/mol. The molecule has 7 heteroatoms. The fraction of sp³-hybridized carbons (Fsp3) is 0.333.